The van der Waals surface area contributed by atoms with Crippen LogP contribution in [0.1, 0.15) is 99.9 Å². The SMILES string of the molecule is CC1(C)c2cc(-c3ccccc3)ccc2-c2c(N(c3ccccc3)c3ccc(-c4ccc5c6ccccc6c6ccccc6c5c4)cc3)cccc21.CC1(C)c2ccccc2-c2c(N(c3ccc4oc5ccccc5c4c3)c3ccc4sc5ccccc5c4c3)cc(-c3ccccc3)cc21.CC1(C)c2ccccc2-c2cc(N(c3cccc(-c4ccccc4)c3)c3cccc4c3-c3ccccc3C4(C)C)ccc21. The van der Waals surface area contributed by atoms with Crippen LogP contribution < -0.4 is 14.7 Å². The minimum absolute atomic E-state index is 0.0283. The van der Waals surface area contributed by atoms with Crippen LogP contribution in [-0.4, -0.2) is 0 Å². The molecule has 4 nitrogen and oxygen atoms in total. The summed E-state index contributed by atoms with van der Waals surface area (Å²) in [5.41, 5.74) is 43.2. The Balaban J connectivity index is 0.000000110. The fourth-order valence-corrected chi connectivity index (χ4v) is 25.3. The summed E-state index contributed by atoms with van der Waals surface area (Å²) in [4.78, 5) is 7.40. The summed E-state index contributed by atoms with van der Waals surface area (Å²) in [6, 6.07) is 176. The number of anilines is 9. The number of nitrogens with zero attached hydrogens (tertiary/aromatic N) is 3. The van der Waals surface area contributed by atoms with E-state index in [-0.39, 0.29) is 21.7 Å². The predicted molar refractivity (Wildman–Crippen MR) is 608 cm³/mol. The molecule has 22 aromatic carbocycles. The van der Waals surface area contributed by atoms with Crippen LogP contribution >= 0.6 is 11.3 Å². The van der Waals surface area contributed by atoms with Crippen molar-refractivity contribution in [3.8, 4) is 89.0 Å². The van der Waals surface area contributed by atoms with Crippen molar-refractivity contribution in [3.63, 3.8) is 0 Å². The molecular formula is C138H103N3OS. The second-order valence-electron chi connectivity index (χ2n) is 40.9. The molecule has 4 aliphatic rings. The highest BCUT2D eigenvalue weighted by atomic mass is 32.1. The molecular weight excluding hydrogens is 1750 g/mol. The van der Waals surface area contributed by atoms with Crippen LogP contribution in [0.3, 0.4) is 0 Å². The summed E-state index contributed by atoms with van der Waals surface area (Å²) in [5, 5.41) is 12.6. The van der Waals surface area contributed by atoms with Gasteiger partial charge in [-0.15, -0.1) is 11.3 Å². The Morgan fingerprint density at radius 1 is 0.168 bits per heavy atom. The highest BCUT2D eigenvalue weighted by molar-refractivity contribution is 7.25. The van der Waals surface area contributed by atoms with Gasteiger partial charge in [-0.05, 0) is 283 Å². The zero-order valence-electron chi connectivity index (χ0n) is 81.3. The average Bonchev–Trinajstić information content (AvgIpc) is 1.55. The molecule has 0 amide bonds. The Morgan fingerprint density at radius 3 is 1.16 bits per heavy atom. The first-order valence-electron chi connectivity index (χ1n) is 50.0. The fraction of sp³-hybridized carbons (Fsp3) is 0.0870. The summed E-state index contributed by atoms with van der Waals surface area (Å²) in [6.45, 7) is 18.9. The third kappa shape index (κ3) is 14.2. The van der Waals surface area contributed by atoms with Gasteiger partial charge in [-0.3, -0.25) is 0 Å². The number of para-hydroxylation sites is 2. The van der Waals surface area contributed by atoms with Gasteiger partial charge in [0.2, 0.25) is 0 Å². The Morgan fingerprint density at radius 2 is 0.524 bits per heavy atom. The predicted octanol–water partition coefficient (Wildman–Crippen LogP) is 39.1. The lowest BCUT2D eigenvalue weighted by Gasteiger charge is -2.30. The van der Waals surface area contributed by atoms with Crippen LogP contribution in [0.5, 0.6) is 0 Å². The number of hydrogen-bond donors (Lipinski definition) is 0. The number of rotatable bonds is 13. The lowest BCUT2D eigenvalue weighted by molar-refractivity contribution is 0.660. The number of hydrogen-bond acceptors (Lipinski definition) is 5. The van der Waals surface area contributed by atoms with Gasteiger partial charge in [0.25, 0.3) is 0 Å². The van der Waals surface area contributed by atoms with Crippen molar-refractivity contribution in [2.45, 2.75) is 77.0 Å². The van der Waals surface area contributed by atoms with E-state index >= 15 is 0 Å². The average molecular weight is 1850 g/mol. The van der Waals surface area contributed by atoms with Crippen molar-refractivity contribution in [2.24, 2.45) is 0 Å². The molecule has 0 bridgehead atoms. The second kappa shape index (κ2) is 34.0. The standard InChI is InChI=1S/C51H37N.C45H31NOS.C42H35N/c1-51(2)47-22-13-23-49(50(47)45-31-27-37(33-48(45)51)34-14-5-3-6-15-34)52(38-16-7-4-8-17-38)39-28-24-35(25-29-39)36-26-30-44-42-20-10-9-18-40(42)41-19-11-12-21-43(41)46(44)32-36;1-45(2)37-17-9-6-16-34(37)44-38(45)24-29(28-12-4-3-5-13-28)25-39(44)46(30-20-22-41-35(26-30)32-14-7-10-18-40(32)47-41)31-21-23-43-36(27-31)33-15-8-11-19-42(33)48-43;1-41(2)35-20-10-8-18-32(35)34-27-31(24-25-37(34)41)43(30-17-12-16-29(26-30)28-14-6-5-7-15-28)39-23-13-22-38-40(39)33-19-9-11-21-36(33)42(38,3)4/h3-33H,1-2H3;3-27H,1-2H3;5-27H,1-4H3. The van der Waals surface area contributed by atoms with Crippen molar-refractivity contribution in [2.75, 3.05) is 14.7 Å². The molecule has 0 radical (unpaired) electrons. The zero-order valence-corrected chi connectivity index (χ0v) is 82.1. The van der Waals surface area contributed by atoms with Crippen LogP contribution in [0.4, 0.5) is 51.2 Å². The van der Waals surface area contributed by atoms with Gasteiger partial charge in [0.1, 0.15) is 11.2 Å². The molecule has 5 heteroatoms. The molecule has 28 rings (SSSR count). The van der Waals surface area contributed by atoms with Gasteiger partial charge in [-0.2, -0.15) is 0 Å². The van der Waals surface area contributed by atoms with Gasteiger partial charge in [-0.1, -0.05) is 401 Å². The highest BCUT2D eigenvalue weighted by Gasteiger charge is 2.43. The molecule has 0 fully saturated rings. The molecule has 0 atom stereocenters. The molecule has 0 aliphatic heterocycles. The lowest BCUT2D eigenvalue weighted by atomic mass is 9.81. The Bertz CT molecular complexity index is 9070. The molecule has 0 saturated heterocycles. The van der Waals surface area contributed by atoms with Crippen LogP contribution in [0.2, 0.25) is 0 Å². The van der Waals surface area contributed by atoms with Crippen molar-refractivity contribution < 1.29 is 4.42 Å². The third-order valence-corrected chi connectivity index (χ3v) is 32.5. The van der Waals surface area contributed by atoms with Crippen LogP contribution in [-0.2, 0) is 21.7 Å². The van der Waals surface area contributed by atoms with E-state index in [0.29, 0.717) is 0 Å². The van der Waals surface area contributed by atoms with E-state index < -0.39 is 0 Å². The normalized spacial score (nSPS) is 13.7. The molecule has 0 spiro atoms. The molecule has 143 heavy (non-hydrogen) atoms. The van der Waals surface area contributed by atoms with Gasteiger partial charge in [0.05, 0.1) is 17.1 Å². The minimum Gasteiger partial charge on any atom is -0.456 e. The Labute approximate surface area is 839 Å². The fourth-order valence-electron chi connectivity index (χ4n) is 24.2. The van der Waals surface area contributed by atoms with Gasteiger partial charge in [0, 0.05) is 103 Å². The highest BCUT2D eigenvalue weighted by Crippen LogP contribution is 2.61. The zero-order chi connectivity index (χ0) is 96.1. The van der Waals surface area contributed by atoms with E-state index in [9.17, 15) is 0 Å². The van der Waals surface area contributed by atoms with E-state index in [2.05, 4.69) is 543 Å². The smallest absolute Gasteiger partial charge is 0.135 e. The summed E-state index contributed by atoms with van der Waals surface area (Å²) < 4.78 is 8.91. The van der Waals surface area contributed by atoms with Crippen LogP contribution in [0.25, 0.3) is 163 Å². The molecule has 24 aromatic rings. The van der Waals surface area contributed by atoms with Crippen LogP contribution in [0.15, 0.2) is 484 Å². The molecule has 0 N–H and O–H groups in total. The van der Waals surface area contributed by atoms with E-state index in [1.807, 2.05) is 17.4 Å². The van der Waals surface area contributed by atoms with Crippen molar-refractivity contribution in [1.29, 1.82) is 0 Å². The summed E-state index contributed by atoms with van der Waals surface area (Å²) >= 11 is 1.86. The Hall–Kier alpha value is -17.0. The molecule has 2 aromatic heterocycles. The molecule has 0 unspecified atom stereocenters. The van der Waals surface area contributed by atoms with Crippen LogP contribution in [0, 0.1) is 0 Å². The number of fused-ring (bicyclic) bond motifs is 24. The summed E-state index contributed by atoms with van der Waals surface area (Å²) in [7, 11) is 0. The lowest BCUT2D eigenvalue weighted by Crippen LogP contribution is -2.16. The van der Waals surface area contributed by atoms with Crippen molar-refractivity contribution in [1.82, 2.24) is 0 Å². The molecule has 0 saturated carbocycles. The van der Waals surface area contributed by atoms with E-state index in [0.717, 1.165) is 50.4 Å². The molecule has 2 heterocycles. The molecule has 4 aliphatic carbocycles. The van der Waals surface area contributed by atoms with E-state index in [4.69, 9.17) is 4.42 Å². The van der Waals surface area contributed by atoms with Crippen molar-refractivity contribution in [3.05, 3.63) is 524 Å². The second-order valence-corrected chi connectivity index (χ2v) is 42.0. The minimum atomic E-state index is -0.157. The van der Waals surface area contributed by atoms with Gasteiger partial charge in [-0.25, -0.2) is 0 Å². The maximum Gasteiger partial charge on any atom is 0.135 e. The number of thiophene rings is 1. The number of benzene rings is 22. The van der Waals surface area contributed by atoms with E-state index in [1.165, 1.54) is 209 Å². The van der Waals surface area contributed by atoms with Gasteiger partial charge < -0.3 is 19.1 Å². The maximum atomic E-state index is 6.30. The van der Waals surface area contributed by atoms with Gasteiger partial charge >= 0.3 is 0 Å². The first kappa shape index (κ1) is 86.4. The summed E-state index contributed by atoms with van der Waals surface area (Å²) in [6.07, 6.45) is 0. The van der Waals surface area contributed by atoms with Gasteiger partial charge in [0.15, 0.2) is 0 Å². The maximum absolute atomic E-state index is 6.30. The molecule has 682 valence electrons. The largest absolute Gasteiger partial charge is 0.456 e. The Kier molecular flexibility index (Phi) is 20.5. The third-order valence-electron chi connectivity index (χ3n) is 31.4. The first-order valence-corrected chi connectivity index (χ1v) is 50.8. The van der Waals surface area contributed by atoms with Crippen molar-refractivity contribution >= 4 is 137 Å². The number of furan rings is 1. The topological polar surface area (TPSA) is 22.9 Å². The van der Waals surface area contributed by atoms with E-state index in [1.54, 1.807) is 0 Å². The monoisotopic (exact) mass is 1850 g/mol. The first-order chi connectivity index (χ1) is 70.0. The summed E-state index contributed by atoms with van der Waals surface area (Å²) in [5.74, 6) is 0. The quantitative estimate of drug-likeness (QED) is 0.107.